The normalized spacial score (nSPS) is 64.0. The van der Waals surface area contributed by atoms with Gasteiger partial charge >= 0.3 is 0 Å². The summed E-state index contributed by atoms with van der Waals surface area (Å²) in [6.07, 6.45) is 6.33. The summed E-state index contributed by atoms with van der Waals surface area (Å²) >= 11 is 0. The second kappa shape index (κ2) is 7.16. The highest BCUT2D eigenvalue weighted by Gasteiger charge is 2.72. The second-order valence-electron chi connectivity index (χ2n) is 13.3. The third kappa shape index (κ3) is 2.75. The molecule has 4 saturated carbocycles. The number of hydrogen-bond donors (Lipinski definition) is 3. The Morgan fingerprint density at radius 1 is 0.844 bits per heavy atom. The zero-order valence-corrected chi connectivity index (χ0v) is 20.4. The molecule has 2 heterocycles. The molecule has 0 unspecified atom stereocenters. The van der Waals surface area contributed by atoms with E-state index in [9.17, 15) is 15.3 Å². The molecule has 182 valence electrons. The van der Waals surface area contributed by atoms with E-state index in [-0.39, 0.29) is 22.9 Å². The predicted octanol–water partition coefficient (Wildman–Crippen LogP) is 3.74. The number of hydrogen-bond acceptors (Lipinski definition) is 5. The Morgan fingerprint density at radius 2 is 1.62 bits per heavy atom. The van der Waals surface area contributed by atoms with Gasteiger partial charge < -0.3 is 24.8 Å². The Labute approximate surface area is 193 Å². The van der Waals surface area contributed by atoms with E-state index in [0.717, 1.165) is 45.1 Å². The van der Waals surface area contributed by atoms with E-state index >= 15 is 0 Å². The first kappa shape index (κ1) is 22.3. The summed E-state index contributed by atoms with van der Waals surface area (Å²) in [6.45, 7) is 10.2. The Hall–Kier alpha value is -0.200. The predicted molar refractivity (Wildman–Crippen MR) is 121 cm³/mol. The van der Waals surface area contributed by atoms with Gasteiger partial charge in [0.05, 0.1) is 31.0 Å². The van der Waals surface area contributed by atoms with Gasteiger partial charge in [0.1, 0.15) is 0 Å². The van der Waals surface area contributed by atoms with Gasteiger partial charge in [-0.15, -0.1) is 0 Å². The van der Waals surface area contributed by atoms with Crippen LogP contribution in [0, 0.1) is 52.3 Å². The molecule has 1 spiro atoms. The number of ether oxygens (including phenoxy) is 2. The molecule has 5 heteroatoms. The van der Waals surface area contributed by atoms with E-state index in [1.165, 1.54) is 6.42 Å². The van der Waals surface area contributed by atoms with Crippen molar-refractivity contribution in [2.75, 3.05) is 6.61 Å². The molecular weight excluding hydrogens is 404 g/mol. The topological polar surface area (TPSA) is 79.2 Å². The van der Waals surface area contributed by atoms with Crippen LogP contribution in [0.1, 0.15) is 79.1 Å². The summed E-state index contributed by atoms with van der Waals surface area (Å²) in [5.41, 5.74) is 0.146. The van der Waals surface area contributed by atoms with Crippen molar-refractivity contribution in [3.8, 4) is 0 Å². The molecule has 6 fully saturated rings. The highest BCUT2D eigenvalue weighted by Crippen LogP contribution is 2.71. The Balaban J connectivity index is 1.30. The van der Waals surface area contributed by atoms with Crippen molar-refractivity contribution in [1.29, 1.82) is 0 Å². The maximum Gasteiger partial charge on any atom is 0.171 e. The van der Waals surface area contributed by atoms with Crippen LogP contribution in [-0.2, 0) is 9.47 Å². The van der Waals surface area contributed by atoms with Gasteiger partial charge in [-0.2, -0.15) is 0 Å². The third-order valence-corrected chi connectivity index (χ3v) is 12.0. The number of fused-ring (bicyclic) bond motifs is 7. The molecule has 3 N–H and O–H groups in total. The Kier molecular flexibility index (Phi) is 4.99. The van der Waals surface area contributed by atoms with E-state index in [1.807, 2.05) is 0 Å². The van der Waals surface area contributed by atoms with Crippen molar-refractivity contribution in [3.05, 3.63) is 0 Å². The molecular formula is C27H44O5. The lowest BCUT2D eigenvalue weighted by molar-refractivity contribution is -0.282. The first-order valence-corrected chi connectivity index (χ1v) is 13.5. The fraction of sp³-hybridized carbons (Fsp3) is 1.00. The fourth-order valence-electron chi connectivity index (χ4n) is 10.3. The van der Waals surface area contributed by atoms with Crippen molar-refractivity contribution in [2.24, 2.45) is 52.3 Å². The van der Waals surface area contributed by atoms with Crippen LogP contribution in [0.4, 0.5) is 0 Å². The zero-order valence-electron chi connectivity index (χ0n) is 20.4. The molecule has 0 amide bonds. The number of aliphatic hydroxyl groups excluding tert-OH is 3. The summed E-state index contributed by atoms with van der Waals surface area (Å²) in [4.78, 5) is 0. The average molecular weight is 449 g/mol. The van der Waals surface area contributed by atoms with Crippen molar-refractivity contribution < 1.29 is 24.8 Å². The Morgan fingerprint density at radius 3 is 2.34 bits per heavy atom. The van der Waals surface area contributed by atoms with Crippen molar-refractivity contribution in [3.63, 3.8) is 0 Å². The Bertz CT molecular complexity index is 748. The van der Waals surface area contributed by atoms with Crippen molar-refractivity contribution in [1.82, 2.24) is 0 Å². The van der Waals surface area contributed by atoms with Gasteiger partial charge in [0.15, 0.2) is 5.79 Å². The molecule has 0 aromatic carbocycles. The molecule has 6 rings (SSSR count). The van der Waals surface area contributed by atoms with Gasteiger partial charge in [-0.3, -0.25) is 0 Å². The molecule has 32 heavy (non-hydrogen) atoms. The van der Waals surface area contributed by atoms with Crippen LogP contribution in [0.15, 0.2) is 0 Å². The van der Waals surface area contributed by atoms with Crippen LogP contribution < -0.4 is 0 Å². The van der Waals surface area contributed by atoms with Crippen LogP contribution in [-0.4, -0.2) is 52.1 Å². The largest absolute Gasteiger partial charge is 0.390 e. The smallest absolute Gasteiger partial charge is 0.171 e. The van der Waals surface area contributed by atoms with E-state index in [0.29, 0.717) is 41.9 Å². The average Bonchev–Trinajstić information content (AvgIpc) is 3.15. The van der Waals surface area contributed by atoms with Gasteiger partial charge in [-0.25, -0.2) is 0 Å². The lowest BCUT2D eigenvalue weighted by Crippen LogP contribution is -2.58. The standard InChI is InChI=1S/C27H44O5/c1-14-7-10-27(31-13-14)15(2)21-24(32-27)23(30)22-17-6-5-16-11-19(28)20(29)12-26(16,4)18(17)8-9-25(21,22)3/h14-24,28-30H,5-13H2,1-4H3/t14-,15+,16+,17-,18+,19-,20-,21+,22-,23+,24-,25-,26+,27-/m1/s1. The van der Waals surface area contributed by atoms with Crippen molar-refractivity contribution in [2.45, 2.75) is 109 Å². The molecule has 6 aliphatic rings. The third-order valence-electron chi connectivity index (χ3n) is 12.0. The summed E-state index contributed by atoms with van der Waals surface area (Å²) in [6, 6.07) is 0. The zero-order chi connectivity index (χ0) is 22.6. The number of rotatable bonds is 0. The maximum absolute atomic E-state index is 11.8. The van der Waals surface area contributed by atoms with Crippen LogP contribution in [0.2, 0.25) is 0 Å². The van der Waals surface area contributed by atoms with Crippen LogP contribution in [0.3, 0.4) is 0 Å². The minimum atomic E-state index is -0.606. The monoisotopic (exact) mass is 448 g/mol. The summed E-state index contributed by atoms with van der Waals surface area (Å²) in [5.74, 6) is 2.49. The molecule has 5 nitrogen and oxygen atoms in total. The minimum Gasteiger partial charge on any atom is -0.390 e. The van der Waals surface area contributed by atoms with E-state index < -0.39 is 24.1 Å². The quantitative estimate of drug-likeness (QED) is 0.526. The van der Waals surface area contributed by atoms with Crippen LogP contribution in [0.25, 0.3) is 0 Å². The molecule has 4 aliphatic carbocycles. The summed E-state index contributed by atoms with van der Waals surface area (Å²) in [5, 5.41) is 32.7. The molecule has 2 aliphatic heterocycles. The first-order chi connectivity index (χ1) is 15.1. The highest BCUT2D eigenvalue weighted by atomic mass is 16.7. The molecule has 14 atom stereocenters. The fourth-order valence-corrected chi connectivity index (χ4v) is 10.3. The lowest BCUT2D eigenvalue weighted by Gasteiger charge is -2.62. The van der Waals surface area contributed by atoms with Gasteiger partial charge in [0.2, 0.25) is 0 Å². The van der Waals surface area contributed by atoms with Crippen LogP contribution >= 0.6 is 0 Å². The van der Waals surface area contributed by atoms with Gasteiger partial charge in [-0.1, -0.05) is 27.7 Å². The molecule has 0 aromatic heterocycles. The molecule has 0 aromatic rings. The number of aliphatic hydroxyl groups is 3. The maximum atomic E-state index is 11.8. The molecule has 0 bridgehead atoms. The van der Waals surface area contributed by atoms with Crippen molar-refractivity contribution >= 4 is 0 Å². The van der Waals surface area contributed by atoms with Gasteiger partial charge in [-0.05, 0) is 85.4 Å². The summed E-state index contributed by atoms with van der Waals surface area (Å²) in [7, 11) is 0. The second-order valence-corrected chi connectivity index (χ2v) is 13.3. The first-order valence-electron chi connectivity index (χ1n) is 13.5. The van der Waals surface area contributed by atoms with Gasteiger partial charge in [0, 0.05) is 18.3 Å². The van der Waals surface area contributed by atoms with Crippen LogP contribution in [0.5, 0.6) is 0 Å². The minimum absolute atomic E-state index is 0.0661. The van der Waals surface area contributed by atoms with E-state index in [4.69, 9.17) is 9.47 Å². The lowest BCUT2D eigenvalue weighted by atomic mass is 9.44. The molecule has 2 saturated heterocycles. The SMILES string of the molecule is C[C@@H]1CC[C@@]2(OC1)O[C@H]1[C@@H](O)[C@H]3[C@@H]4CC[C@H]5C[C@@H](O)[C@H](O)C[C@]5(C)[C@H]4CC[C@]3(C)[C@H]1[C@@H]2C. The van der Waals surface area contributed by atoms with Gasteiger partial charge in [0.25, 0.3) is 0 Å². The van der Waals surface area contributed by atoms with E-state index in [1.54, 1.807) is 0 Å². The van der Waals surface area contributed by atoms with E-state index in [2.05, 4.69) is 27.7 Å². The molecule has 0 radical (unpaired) electrons. The summed E-state index contributed by atoms with van der Waals surface area (Å²) < 4.78 is 13.1. The highest BCUT2D eigenvalue weighted by molar-refractivity contribution is 5.18.